The molecule has 0 saturated carbocycles. The van der Waals surface area contributed by atoms with E-state index >= 15 is 0 Å². The molecule has 0 aliphatic carbocycles. The van der Waals surface area contributed by atoms with Crippen LogP contribution in [0.5, 0.6) is 0 Å². The third-order valence-electron chi connectivity index (χ3n) is 4.09. The third kappa shape index (κ3) is 3.95. The topological polar surface area (TPSA) is 28.2 Å². The number of hydrogen-bond acceptors (Lipinski definition) is 4. The zero-order chi connectivity index (χ0) is 14.5. The Hall–Kier alpha value is -0.610. The zero-order valence-electron chi connectivity index (χ0n) is 13.4. The molecule has 1 fully saturated rings. The number of nitrogens with one attached hydrogen (secondary N) is 1. The van der Waals surface area contributed by atoms with E-state index < -0.39 is 0 Å². The highest BCUT2D eigenvalue weighted by atomic mass is 32.1. The van der Waals surface area contributed by atoms with Crippen LogP contribution < -0.4 is 10.2 Å². The van der Waals surface area contributed by atoms with E-state index in [1.165, 1.54) is 48.1 Å². The Morgan fingerprint density at radius 2 is 2.15 bits per heavy atom. The fourth-order valence-electron chi connectivity index (χ4n) is 2.76. The van der Waals surface area contributed by atoms with Gasteiger partial charge in [0.2, 0.25) is 0 Å². The molecule has 3 nitrogen and oxygen atoms in total. The van der Waals surface area contributed by atoms with Gasteiger partial charge in [-0.2, -0.15) is 0 Å². The van der Waals surface area contributed by atoms with Gasteiger partial charge in [-0.1, -0.05) is 27.7 Å². The Morgan fingerprint density at radius 1 is 1.35 bits per heavy atom. The molecule has 1 unspecified atom stereocenters. The van der Waals surface area contributed by atoms with E-state index in [1.807, 2.05) is 11.3 Å². The summed E-state index contributed by atoms with van der Waals surface area (Å²) in [4.78, 5) is 8.89. The van der Waals surface area contributed by atoms with Crippen LogP contribution >= 0.6 is 11.3 Å². The van der Waals surface area contributed by atoms with E-state index in [1.54, 1.807) is 0 Å². The van der Waals surface area contributed by atoms with E-state index in [4.69, 9.17) is 4.98 Å². The molecular formula is C16H29N3S. The van der Waals surface area contributed by atoms with Gasteiger partial charge in [0, 0.05) is 24.5 Å². The lowest BCUT2D eigenvalue weighted by atomic mass is 10.0. The second-order valence-corrected chi connectivity index (χ2v) is 7.33. The van der Waals surface area contributed by atoms with Gasteiger partial charge < -0.3 is 10.2 Å². The fraction of sp³-hybridized carbons (Fsp3) is 0.812. The van der Waals surface area contributed by atoms with Gasteiger partial charge in [0.05, 0.1) is 5.69 Å². The normalized spacial score (nSPS) is 20.4. The number of anilines is 1. The molecule has 20 heavy (non-hydrogen) atoms. The predicted molar refractivity (Wildman–Crippen MR) is 88.8 cm³/mol. The Kier molecular flexibility index (Phi) is 5.85. The molecule has 4 heteroatoms. The molecule has 114 valence electrons. The summed E-state index contributed by atoms with van der Waals surface area (Å²) in [5, 5.41) is 4.69. The molecule has 0 amide bonds. The Labute approximate surface area is 127 Å². The molecule has 0 bridgehead atoms. The highest BCUT2D eigenvalue weighted by Crippen LogP contribution is 2.32. The molecule has 1 aromatic heterocycles. The van der Waals surface area contributed by atoms with Crippen LogP contribution in [0.2, 0.25) is 0 Å². The fourth-order valence-corrected chi connectivity index (χ4v) is 3.99. The third-order valence-corrected chi connectivity index (χ3v) is 5.22. The maximum absolute atomic E-state index is 4.96. The van der Waals surface area contributed by atoms with Crippen LogP contribution in [0.15, 0.2) is 0 Å². The first-order chi connectivity index (χ1) is 9.61. The number of hydrogen-bond donors (Lipinski definition) is 1. The van der Waals surface area contributed by atoms with Crippen molar-refractivity contribution < 1.29 is 0 Å². The number of aromatic nitrogens is 1. The van der Waals surface area contributed by atoms with Crippen molar-refractivity contribution in [3.05, 3.63) is 10.6 Å². The summed E-state index contributed by atoms with van der Waals surface area (Å²) in [7, 11) is 0. The molecule has 2 rings (SSSR count). The molecular weight excluding hydrogens is 266 g/mol. The maximum atomic E-state index is 4.96. The van der Waals surface area contributed by atoms with Crippen molar-refractivity contribution in [1.29, 1.82) is 0 Å². The van der Waals surface area contributed by atoms with Gasteiger partial charge in [-0.25, -0.2) is 4.98 Å². The lowest BCUT2D eigenvalue weighted by molar-refractivity contribution is 0.521. The molecule has 0 radical (unpaired) electrons. The van der Waals surface area contributed by atoms with Crippen molar-refractivity contribution in [3.8, 4) is 0 Å². The summed E-state index contributed by atoms with van der Waals surface area (Å²) in [5.74, 6) is 1.38. The lowest BCUT2D eigenvalue weighted by Gasteiger charge is -2.19. The van der Waals surface area contributed by atoms with Crippen molar-refractivity contribution in [3.63, 3.8) is 0 Å². The smallest absolute Gasteiger partial charge is 0.185 e. The molecule has 0 aromatic carbocycles. The first-order valence-corrected chi connectivity index (χ1v) is 8.88. The van der Waals surface area contributed by atoms with Crippen molar-refractivity contribution >= 4 is 16.5 Å². The summed E-state index contributed by atoms with van der Waals surface area (Å²) < 4.78 is 0. The minimum atomic E-state index is 0.513. The summed E-state index contributed by atoms with van der Waals surface area (Å²) in [6.45, 7) is 13.4. The second kappa shape index (κ2) is 7.41. The first kappa shape index (κ1) is 15.8. The van der Waals surface area contributed by atoms with Crippen LogP contribution in [0.4, 0.5) is 5.13 Å². The van der Waals surface area contributed by atoms with E-state index in [2.05, 4.69) is 37.9 Å². The quantitative estimate of drug-likeness (QED) is 0.890. The molecule has 1 aromatic rings. The monoisotopic (exact) mass is 295 g/mol. The van der Waals surface area contributed by atoms with E-state index in [0.717, 1.165) is 19.0 Å². The Balaban J connectivity index is 2.14. The van der Waals surface area contributed by atoms with E-state index in [0.29, 0.717) is 5.92 Å². The van der Waals surface area contributed by atoms with Crippen LogP contribution in [0.1, 0.15) is 63.4 Å². The van der Waals surface area contributed by atoms with Gasteiger partial charge >= 0.3 is 0 Å². The maximum Gasteiger partial charge on any atom is 0.185 e. The standard InChI is InChI=1S/C16H29N3S/c1-5-17-11-14-15(12(2)3)18-16(20-14)19-9-6-7-13(4)8-10-19/h12-13,17H,5-11H2,1-4H3. The molecule has 1 aliphatic rings. The Bertz CT molecular complexity index is 414. The van der Waals surface area contributed by atoms with Crippen molar-refractivity contribution in [2.75, 3.05) is 24.5 Å². The number of rotatable bonds is 5. The van der Waals surface area contributed by atoms with E-state index in [-0.39, 0.29) is 0 Å². The van der Waals surface area contributed by atoms with Gasteiger partial charge in [0.15, 0.2) is 5.13 Å². The summed E-state index contributed by atoms with van der Waals surface area (Å²) in [6.07, 6.45) is 3.97. The van der Waals surface area contributed by atoms with Crippen LogP contribution in [-0.2, 0) is 6.54 Å². The highest BCUT2D eigenvalue weighted by molar-refractivity contribution is 7.15. The Morgan fingerprint density at radius 3 is 2.85 bits per heavy atom. The minimum Gasteiger partial charge on any atom is -0.348 e. The van der Waals surface area contributed by atoms with Crippen molar-refractivity contribution in [2.45, 2.75) is 59.4 Å². The number of thiazole rings is 1. The molecule has 1 atom stereocenters. The van der Waals surface area contributed by atoms with Crippen LogP contribution in [0.25, 0.3) is 0 Å². The van der Waals surface area contributed by atoms with Gasteiger partial charge in [0.25, 0.3) is 0 Å². The average molecular weight is 295 g/mol. The molecule has 2 heterocycles. The molecule has 1 N–H and O–H groups in total. The van der Waals surface area contributed by atoms with Gasteiger partial charge in [-0.15, -0.1) is 11.3 Å². The first-order valence-electron chi connectivity index (χ1n) is 8.07. The molecule has 1 aliphatic heterocycles. The molecule has 1 saturated heterocycles. The summed E-state index contributed by atoms with van der Waals surface area (Å²) in [5.41, 5.74) is 1.29. The van der Waals surface area contributed by atoms with Crippen molar-refractivity contribution in [2.24, 2.45) is 5.92 Å². The summed E-state index contributed by atoms with van der Waals surface area (Å²) in [6, 6.07) is 0. The van der Waals surface area contributed by atoms with Gasteiger partial charge in [-0.3, -0.25) is 0 Å². The van der Waals surface area contributed by atoms with E-state index in [9.17, 15) is 0 Å². The summed E-state index contributed by atoms with van der Waals surface area (Å²) >= 11 is 1.90. The number of nitrogens with zero attached hydrogens (tertiary/aromatic N) is 2. The zero-order valence-corrected chi connectivity index (χ0v) is 14.2. The minimum absolute atomic E-state index is 0.513. The highest BCUT2D eigenvalue weighted by Gasteiger charge is 2.20. The SMILES string of the molecule is CCNCc1sc(N2CCCC(C)CC2)nc1C(C)C. The van der Waals surface area contributed by atoms with Crippen LogP contribution in [0.3, 0.4) is 0 Å². The largest absolute Gasteiger partial charge is 0.348 e. The average Bonchev–Trinajstić information content (AvgIpc) is 2.73. The predicted octanol–water partition coefficient (Wildman–Crippen LogP) is 4.00. The lowest BCUT2D eigenvalue weighted by Crippen LogP contribution is -2.23. The van der Waals surface area contributed by atoms with Crippen molar-refractivity contribution in [1.82, 2.24) is 10.3 Å². The van der Waals surface area contributed by atoms with Crippen LogP contribution in [-0.4, -0.2) is 24.6 Å². The second-order valence-electron chi connectivity index (χ2n) is 6.26. The van der Waals surface area contributed by atoms with Crippen LogP contribution in [0, 0.1) is 5.92 Å². The van der Waals surface area contributed by atoms with Gasteiger partial charge in [-0.05, 0) is 37.6 Å². The van der Waals surface area contributed by atoms with Gasteiger partial charge in [0.1, 0.15) is 0 Å². The molecule has 0 spiro atoms.